The van der Waals surface area contributed by atoms with Crippen molar-refractivity contribution in [1.82, 2.24) is 9.80 Å². The van der Waals surface area contributed by atoms with E-state index in [1.807, 2.05) is 24.1 Å². The third kappa shape index (κ3) is 3.43. The van der Waals surface area contributed by atoms with Gasteiger partial charge in [-0.15, -0.1) is 0 Å². The zero-order valence-corrected chi connectivity index (χ0v) is 15.6. The summed E-state index contributed by atoms with van der Waals surface area (Å²) in [7, 11) is 1.85. The summed E-state index contributed by atoms with van der Waals surface area (Å²) in [6.07, 6.45) is 5.23. The molecule has 1 amide bonds. The molecular weight excluding hydrogens is 339 g/mol. The lowest BCUT2D eigenvalue weighted by atomic mass is 9.68. The Bertz CT molecular complexity index is 664. The number of benzene rings is 1. The molecule has 3 nitrogen and oxygen atoms in total. The van der Waals surface area contributed by atoms with Crippen LogP contribution in [0.2, 0.25) is 5.02 Å². The van der Waals surface area contributed by atoms with Crippen LogP contribution in [-0.2, 0) is 17.0 Å². The lowest BCUT2D eigenvalue weighted by Crippen LogP contribution is -2.46. The summed E-state index contributed by atoms with van der Waals surface area (Å²) >= 11 is 6.43. The van der Waals surface area contributed by atoms with Crippen LogP contribution in [0.3, 0.4) is 0 Å². The molecule has 0 N–H and O–H groups in total. The largest absolute Gasteiger partial charge is 0.343 e. The van der Waals surface area contributed by atoms with E-state index >= 15 is 4.39 Å². The van der Waals surface area contributed by atoms with Crippen LogP contribution in [0.1, 0.15) is 49.7 Å². The number of carbonyl (C=O) groups is 1. The van der Waals surface area contributed by atoms with E-state index in [1.165, 1.54) is 12.8 Å². The molecule has 1 aromatic carbocycles. The maximum Gasteiger partial charge on any atom is 0.225 e. The normalized spacial score (nSPS) is 29.5. The highest BCUT2D eigenvalue weighted by molar-refractivity contribution is 6.31. The molecule has 0 spiro atoms. The van der Waals surface area contributed by atoms with Gasteiger partial charge in [-0.05, 0) is 68.8 Å². The molecule has 5 heteroatoms. The molecular formula is C20H26ClFN2O. The van der Waals surface area contributed by atoms with Crippen LogP contribution in [-0.4, -0.2) is 41.9 Å². The number of carbonyl (C=O) groups excluding carboxylic acids is 1. The van der Waals surface area contributed by atoms with Crippen LogP contribution in [0.4, 0.5) is 4.39 Å². The highest BCUT2D eigenvalue weighted by atomic mass is 35.5. The average molecular weight is 365 g/mol. The van der Waals surface area contributed by atoms with Gasteiger partial charge in [-0.2, -0.15) is 0 Å². The van der Waals surface area contributed by atoms with Crippen molar-refractivity contribution in [3.8, 4) is 0 Å². The first kappa shape index (κ1) is 17.3. The van der Waals surface area contributed by atoms with Gasteiger partial charge in [0.2, 0.25) is 5.91 Å². The second-order valence-electron chi connectivity index (χ2n) is 8.04. The van der Waals surface area contributed by atoms with E-state index < -0.39 is 5.67 Å². The molecule has 136 valence electrons. The van der Waals surface area contributed by atoms with E-state index in [1.54, 1.807) is 6.07 Å². The summed E-state index contributed by atoms with van der Waals surface area (Å²) in [5, 5.41) is 0.645. The fourth-order valence-electron chi connectivity index (χ4n) is 4.20. The Labute approximate surface area is 154 Å². The van der Waals surface area contributed by atoms with Crippen molar-refractivity contribution >= 4 is 17.5 Å². The SMILES string of the molecule is CN(C(=O)[C@H]1C[C@](F)(c2ccc(CN3CCCC3)c(Cl)c2)C1)C1CC1. The summed E-state index contributed by atoms with van der Waals surface area (Å²) in [4.78, 5) is 16.6. The van der Waals surface area contributed by atoms with Crippen LogP contribution >= 0.6 is 11.6 Å². The van der Waals surface area contributed by atoms with E-state index in [0.29, 0.717) is 16.6 Å². The molecule has 2 aliphatic carbocycles. The maximum absolute atomic E-state index is 15.2. The number of hydrogen-bond donors (Lipinski definition) is 0. The Morgan fingerprint density at radius 2 is 2.00 bits per heavy atom. The van der Waals surface area contributed by atoms with Gasteiger partial charge in [0, 0.05) is 30.6 Å². The van der Waals surface area contributed by atoms with Gasteiger partial charge in [0.05, 0.1) is 0 Å². The number of rotatable bonds is 5. The first-order valence-electron chi connectivity index (χ1n) is 9.43. The highest BCUT2D eigenvalue weighted by Crippen LogP contribution is 2.50. The van der Waals surface area contributed by atoms with Crippen LogP contribution in [0.5, 0.6) is 0 Å². The Balaban J connectivity index is 1.40. The summed E-state index contributed by atoms with van der Waals surface area (Å²) in [5.41, 5.74) is 0.290. The molecule has 0 unspecified atom stereocenters. The van der Waals surface area contributed by atoms with Gasteiger partial charge < -0.3 is 4.90 Å². The smallest absolute Gasteiger partial charge is 0.225 e. The number of hydrogen-bond acceptors (Lipinski definition) is 2. The van der Waals surface area contributed by atoms with Crippen molar-refractivity contribution < 1.29 is 9.18 Å². The molecule has 1 saturated heterocycles. The standard InChI is InChI=1S/C20H26ClFN2O/c1-23(17-6-7-17)19(25)15-11-20(22,12-15)16-5-4-14(18(21)10-16)13-24-8-2-3-9-24/h4-5,10,15,17H,2-3,6-9,11-13H2,1H3/t15-,20+. The quantitative estimate of drug-likeness (QED) is 0.784. The van der Waals surface area contributed by atoms with Gasteiger partial charge >= 0.3 is 0 Å². The predicted molar refractivity (Wildman–Crippen MR) is 97.3 cm³/mol. The molecule has 4 rings (SSSR count). The van der Waals surface area contributed by atoms with Gasteiger partial charge in [0.25, 0.3) is 0 Å². The summed E-state index contributed by atoms with van der Waals surface area (Å²) in [5.74, 6) is -0.0776. The molecule has 2 saturated carbocycles. The zero-order valence-electron chi connectivity index (χ0n) is 14.8. The number of likely N-dealkylation sites (tertiary alicyclic amines) is 1. The van der Waals surface area contributed by atoms with Crippen LogP contribution in [0, 0.1) is 5.92 Å². The number of halogens is 2. The van der Waals surface area contributed by atoms with Crippen molar-refractivity contribution in [2.75, 3.05) is 20.1 Å². The van der Waals surface area contributed by atoms with E-state index in [0.717, 1.165) is 38.0 Å². The molecule has 3 fully saturated rings. The minimum absolute atomic E-state index is 0.104. The maximum atomic E-state index is 15.2. The van der Waals surface area contributed by atoms with Crippen molar-refractivity contribution in [3.05, 3.63) is 34.3 Å². The van der Waals surface area contributed by atoms with Gasteiger partial charge in [-0.3, -0.25) is 9.69 Å². The lowest BCUT2D eigenvalue weighted by molar-refractivity contribution is -0.144. The zero-order chi connectivity index (χ0) is 17.6. The minimum Gasteiger partial charge on any atom is -0.343 e. The van der Waals surface area contributed by atoms with Crippen LogP contribution in [0.25, 0.3) is 0 Å². The van der Waals surface area contributed by atoms with Gasteiger partial charge in [-0.25, -0.2) is 4.39 Å². The molecule has 0 atom stereocenters. The number of nitrogens with zero attached hydrogens (tertiary/aromatic N) is 2. The van der Waals surface area contributed by atoms with Gasteiger partial charge in [-0.1, -0.05) is 23.7 Å². The lowest BCUT2D eigenvalue weighted by Gasteiger charge is -2.42. The van der Waals surface area contributed by atoms with Crippen molar-refractivity contribution in [2.45, 2.75) is 56.8 Å². The Morgan fingerprint density at radius 1 is 1.32 bits per heavy atom. The molecule has 1 aliphatic heterocycles. The molecule has 0 aromatic heterocycles. The first-order valence-corrected chi connectivity index (χ1v) is 9.81. The number of alkyl halides is 1. The third-order valence-electron chi connectivity index (χ3n) is 6.09. The average Bonchev–Trinajstić information content (AvgIpc) is 3.30. The van der Waals surface area contributed by atoms with E-state index in [-0.39, 0.29) is 24.7 Å². The Hall–Kier alpha value is -1.13. The summed E-state index contributed by atoms with van der Waals surface area (Å²) < 4.78 is 15.2. The molecule has 1 aromatic rings. The number of amides is 1. The second-order valence-corrected chi connectivity index (χ2v) is 8.45. The molecule has 25 heavy (non-hydrogen) atoms. The monoisotopic (exact) mass is 364 g/mol. The highest BCUT2D eigenvalue weighted by Gasteiger charge is 2.51. The van der Waals surface area contributed by atoms with Gasteiger partial charge in [0.1, 0.15) is 5.67 Å². The Morgan fingerprint density at radius 3 is 2.60 bits per heavy atom. The molecule has 1 heterocycles. The fourth-order valence-corrected chi connectivity index (χ4v) is 4.44. The van der Waals surface area contributed by atoms with E-state index in [4.69, 9.17) is 11.6 Å². The third-order valence-corrected chi connectivity index (χ3v) is 6.45. The summed E-state index contributed by atoms with van der Waals surface area (Å²) in [6.45, 7) is 3.07. The predicted octanol–water partition coefficient (Wildman–Crippen LogP) is 4.13. The van der Waals surface area contributed by atoms with E-state index in [2.05, 4.69) is 4.90 Å². The van der Waals surface area contributed by atoms with Crippen LogP contribution < -0.4 is 0 Å². The summed E-state index contributed by atoms with van der Waals surface area (Å²) in [6, 6.07) is 5.99. The van der Waals surface area contributed by atoms with Crippen molar-refractivity contribution in [3.63, 3.8) is 0 Å². The molecule has 0 radical (unpaired) electrons. The van der Waals surface area contributed by atoms with Crippen molar-refractivity contribution in [2.24, 2.45) is 5.92 Å². The Kier molecular flexibility index (Phi) is 4.53. The van der Waals surface area contributed by atoms with E-state index in [9.17, 15) is 4.79 Å². The fraction of sp³-hybridized carbons (Fsp3) is 0.650. The minimum atomic E-state index is -1.40. The first-order chi connectivity index (χ1) is 12.0. The van der Waals surface area contributed by atoms with Crippen molar-refractivity contribution in [1.29, 1.82) is 0 Å². The topological polar surface area (TPSA) is 23.6 Å². The molecule has 0 bridgehead atoms. The van der Waals surface area contributed by atoms with Gasteiger partial charge in [0.15, 0.2) is 0 Å². The second kappa shape index (κ2) is 6.55. The van der Waals surface area contributed by atoms with Crippen LogP contribution in [0.15, 0.2) is 18.2 Å². The molecule has 3 aliphatic rings.